The van der Waals surface area contributed by atoms with Crippen molar-refractivity contribution in [1.82, 2.24) is 9.88 Å². The van der Waals surface area contributed by atoms with Crippen molar-refractivity contribution in [2.24, 2.45) is 0 Å². The summed E-state index contributed by atoms with van der Waals surface area (Å²) in [6.45, 7) is 1.94. The van der Waals surface area contributed by atoms with Crippen LogP contribution in [0.25, 0.3) is 11.8 Å². The Morgan fingerprint density at radius 1 is 0.968 bits per heavy atom. The molecule has 1 aromatic heterocycles. The summed E-state index contributed by atoms with van der Waals surface area (Å²) in [6.07, 6.45) is 3.49. The molecule has 1 aliphatic heterocycles. The Balaban J connectivity index is 1.71. The highest BCUT2D eigenvalue weighted by Gasteiger charge is 2.34. The summed E-state index contributed by atoms with van der Waals surface area (Å²) in [5.41, 5.74) is 4.37. The van der Waals surface area contributed by atoms with E-state index in [4.69, 9.17) is 12.2 Å². The number of aromatic nitrogens is 1. The second-order valence-corrected chi connectivity index (χ2v) is 7.90. The van der Waals surface area contributed by atoms with Gasteiger partial charge in [-0.2, -0.15) is 0 Å². The van der Waals surface area contributed by atoms with E-state index in [1.54, 1.807) is 12.1 Å². The van der Waals surface area contributed by atoms with Gasteiger partial charge in [0, 0.05) is 37.4 Å². The molecule has 0 bridgehead atoms. The number of carbonyl (C=O) groups is 2. The SMILES string of the molecule is Cc1cccc(N2C(=O)/C(=C/c3cccn3-c3ccc(N(C)C)cc3)C(=O)NC2=S)c1. The number of nitrogens with one attached hydrogen (secondary N) is 1. The first-order valence-corrected chi connectivity index (χ1v) is 10.2. The zero-order valence-corrected chi connectivity index (χ0v) is 18.3. The van der Waals surface area contributed by atoms with Gasteiger partial charge in [-0.05, 0) is 79.3 Å². The highest BCUT2D eigenvalue weighted by atomic mass is 32.1. The van der Waals surface area contributed by atoms with E-state index in [9.17, 15) is 9.59 Å². The molecule has 6 nitrogen and oxygen atoms in total. The number of nitrogens with zero attached hydrogens (tertiary/aromatic N) is 3. The number of thiocarbonyl (C=S) groups is 1. The Kier molecular flexibility index (Phi) is 5.44. The lowest BCUT2D eigenvalue weighted by atomic mass is 10.1. The fraction of sp³-hybridized carbons (Fsp3) is 0.125. The topological polar surface area (TPSA) is 57.6 Å². The van der Waals surface area contributed by atoms with Crippen LogP contribution in [0, 0.1) is 6.92 Å². The van der Waals surface area contributed by atoms with E-state index in [2.05, 4.69) is 5.32 Å². The van der Waals surface area contributed by atoms with Crippen LogP contribution >= 0.6 is 12.2 Å². The number of carbonyl (C=O) groups excluding carboxylic acids is 2. The average molecular weight is 431 g/mol. The van der Waals surface area contributed by atoms with Crippen LogP contribution in [-0.4, -0.2) is 35.6 Å². The first-order valence-electron chi connectivity index (χ1n) is 9.78. The quantitative estimate of drug-likeness (QED) is 0.390. The van der Waals surface area contributed by atoms with Gasteiger partial charge in [0.15, 0.2) is 5.11 Å². The number of amides is 2. The summed E-state index contributed by atoms with van der Waals surface area (Å²) in [7, 11) is 3.97. The van der Waals surface area contributed by atoms with E-state index in [-0.39, 0.29) is 10.7 Å². The molecule has 1 fully saturated rings. The van der Waals surface area contributed by atoms with Gasteiger partial charge in [-0.15, -0.1) is 0 Å². The minimum atomic E-state index is -0.505. The maximum absolute atomic E-state index is 13.2. The van der Waals surface area contributed by atoms with E-state index in [0.29, 0.717) is 11.4 Å². The molecule has 0 spiro atoms. The van der Waals surface area contributed by atoms with Gasteiger partial charge in [0.2, 0.25) is 0 Å². The molecule has 1 saturated heterocycles. The van der Waals surface area contributed by atoms with Crippen molar-refractivity contribution in [2.75, 3.05) is 23.9 Å². The molecule has 31 heavy (non-hydrogen) atoms. The van der Waals surface area contributed by atoms with Gasteiger partial charge in [0.05, 0.1) is 5.69 Å². The van der Waals surface area contributed by atoms with Crippen LogP contribution in [0.2, 0.25) is 0 Å². The molecule has 0 atom stereocenters. The lowest BCUT2D eigenvalue weighted by Gasteiger charge is -2.29. The Morgan fingerprint density at radius 2 is 1.71 bits per heavy atom. The summed E-state index contributed by atoms with van der Waals surface area (Å²) in [4.78, 5) is 29.2. The number of benzene rings is 2. The third-order valence-electron chi connectivity index (χ3n) is 5.08. The van der Waals surface area contributed by atoms with Crippen molar-refractivity contribution in [3.63, 3.8) is 0 Å². The van der Waals surface area contributed by atoms with Crippen LogP contribution in [0.3, 0.4) is 0 Å². The van der Waals surface area contributed by atoms with Gasteiger partial charge < -0.3 is 9.47 Å². The number of rotatable bonds is 4. The molecule has 0 aliphatic carbocycles. The third kappa shape index (κ3) is 4.00. The number of aryl methyl sites for hydroxylation is 1. The lowest BCUT2D eigenvalue weighted by Crippen LogP contribution is -2.54. The van der Waals surface area contributed by atoms with Crippen molar-refractivity contribution in [3.05, 3.63) is 83.7 Å². The molecule has 4 rings (SSSR count). The molecule has 2 aromatic carbocycles. The zero-order valence-electron chi connectivity index (χ0n) is 17.5. The van der Waals surface area contributed by atoms with E-state index >= 15 is 0 Å². The Labute approximate surface area is 186 Å². The summed E-state index contributed by atoms with van der Waals surface area (Å²) in [5, 5.41) is 2.71. The van der Waals surface area contributed by atoms with Gasteiger partial charge in [-0.1, -0.05) is 12.1 Å². The van der Waals surface area contributed by atoms with Crippen LogP contribution in [-0.2, 0) is 9.59 Å². The number of hydrogen-bond donors (Lipinski definition) is 1. The fourth-order valence-electron chi connectivity index (χ4n) is 3.47. The molecule has 0 saturated carbocycles. The molecule has 1 aliphatic rings. The fourth-order valence-corrected chi connectivity index (χ4v) is 3.75. The van der Waals surface area contributed by atoms with Crippen LogP contribution in [0.4, 0.5) is 11.4 Å². The van der Waals surface area contributed by atoms with Crippen molar-refractivity contribution in [3.8, 4) is 5.69 Å². The van der Waals surface area contributed by atoms with Crippen molar-refractivity contribution < 1.29 is 9.59 Å². The van der Waals surface area contributed by atoms with E-state index in [1.165, 1.54) is 4.90 Å². The predicted molar refractivity (Wildman–Crippen MR) is 127 cm³/mol. The van der Waals surface area contributed by atoms with Gasteiger partial charge in [0.25, 0.3) is 11.8 Å². The largest absolute Gasteiger partial charge is 0.378 e. The summed E-state index contributed by atoms with van der Waals surface area (Å²) >= 11 is 5.28. The first kappa shape index (κ1) is 20.6. The second kappa shape index (κ2) is 8.20. The number of anilines is 2. The normalized spacial score (nSPS) is 15.4. The highest BCUT2D eigenvalue weighted by molar-refractivity contribution is 7.80. The molecular formula is C24H22N4O2S. The molecular weight excluding hydrogens is 408 g/mol. The number of hydrogen-bond acceptors (Lipinski definition) is 4. The van der Waals surface area contributed by atoms with E-state index in [0.717, 1.165) is 16.9 Å². The van der Waals surface area contributed by atoms with Gasteiger partial charge >= 0.3 is 0 Å². The zero-order chi connectivity index (χ0) is 22.1. The van der Waals surface area contributed by atoms with Gasteiger partial charge in [0.1, 0.15) is 5.57 Å². The third-order valence-corrected chi connectivity index (χ3v) is 5.36. The van der Waals surface area contributed by atoms with Gasteiger partial charge in [-0.25, -0.2) is 0 Å². The van der Waals surface area contributed by atoms with Crippen LogP contribution in [0.5, 0.6) is 0 Å². The minimum Gasteiger partial charge on any atom is -0.378 e. The maximum atomic E-state index is 13.2. The molecule has 0 radical (unpaired) electrons. The molecule has 2 amide bonds. The van der Waals surface area contributed by atoms with E-state index in [1.807, 2.05) is 91.3 Å². The maximum Gasteiger partial charge on any atom is 0.270 e. The second-order valence-electron chi connectivity index (χ2n) is 7.51. The summed E-state index contributed by atoms with van der Waals surface area (Å²) < 4.78 is 1.93. The van der Waals surface area contributed by atoms with Crippen LogP contribution < -0.4 is 15.1 Å². The first-order chi connectivity index (χ1) is 14.8. The Hall–Kier alpha value is -3.71. The van der Waals surface area contributed by atoms with Crippen molar-refractivity contribution in [2.45, 2.75) is 6.92 Å². The van der Waals surface area contributed by atoms with E-state index < -0.39 is 11.8 Å². The highest BCUT2D eigenvalue weighted by Crippen LogP contribution is 2.24. The van der Waals surface area contributed by atoms with Crippen LogP contribution in [0.1, 0.15) is 11.3 Å². The lowest BCUT2D eigenvalue weighted by molar-refractivity contribution is -0.122. The molecule has 1 N–H and O–H groups in total. The molecule has 0 unspecified atom stereocenters. The molecule has 7 heteroatoms. The molecule has 156 valence electrons. The van der Waals surface area contributed by atoms with Crippen molar-refractivity contribution >= 4 is 46.6 Å². The predicted octanol–water partition coefficient (Wildman–Crippen LogP) is 3.68. The van der Waals surface area contributed by atoms with Crippen LogP contribution in [0.15, 0.2) is 72.4 Å². The van der Waals surface area contributed by atoms with Crippen molar-refractivity contribution in [1.29, 1.82) is 0 Å². The molecule has 2 heterocycles. The Bertz CT molecular complexity index is 1210. The minimum absolute atomic E-state index is 0.0277. The van der Waals surface area contributed by atoms with Gasteiger partial charge in [-0.3, -0.25) is 19.8 Å². The smallest absolute Gasteiger partial charge is 0.270 e. The monoisotopic (exact) mass is 430 g/mol. The summed E-state index contributed by atoms with van der Waals surface area (Å²) in [6, 6.07) is 19.2. The Morgan fingerprint density at radius 3 is 2.39 bits per heavy atom. The summed E-state index contributed by atoms with van der Waals surface area (Å²) in [5.74, 6) is -0.954. The average Bonchev–Trinajstić information content (AvgIpc) is 3.19. The standard InChI is InChI=1S/C24H22N4O2S/c1-16-6-4-7-20(14-16)28-23(30)21(22(29)25-24(28)31)15-19-8-5-13-27(19)18-11-9-17(10-12-18)26(2)3/h4-15H,1-3H3,(H,25,29,31)/b21-15+. The molecule has 3 aromatic rings.